The fourth-order valence-corrected chi connectivity index (χ4v) is 0. The summed E-state index contributed by atoms with van der Waals surface area (Å²) in [4.78, 5) is 8.00. The third kappa shape index (κ3) is 4890. The van der Waals surface area contributed by atoms with Crippen LogP contribution in [0, 0.1) is 0 Å². The van der Waals surface area contributed by atoms with Crippen LogP contribution >= 0.6 is 0 Å². The molecule has 0 heterocycles. The molecule has 0 aromatic carbocycles. The molecule has 2 nitrogen and oxygen atoms in total. The van der Waals surface area contributed by atoms with E-state index >= 15 is 0 Å². The molecule has 0 saturated carbocycles. The quantitative estimate of drug-likeness (QED) is 0.500. The molecule has 0 fully saturated rings. The Kier molecular flexibility index (Phi) is 3.66. The third-order valence-corrected chi connectivity index (χ3v) is 0. The molecule has 0 radical (unpaired) electrons. The van der Waals surface area contributed by atoms with E-state index in [-0.39, 0.29) is 0 Å². The van der Waals surface area contributed by atoms with Crippen molar-refractivity contribution in [2.24, 2.45) is 0 Å². The number of carbonyl (C=O) groups is 1. The van der Waals surface area contributed by atoms with Gasteiger partial charge in [-0.05, 0) is 0 Å². The Morgan fingerprint density at radius 1 is 1.00 bits per heavy atom. The normalized spacial score (nSPS) is 11.6. The van der Waals surface area contributed by atoms with Gasteiger partial charge in [-0.3, -0.25) is 0 Å². The predicted octanol–water partition coefficient (Wildman–Crippen LogP) is 2.03. The van der Waals surface area contributed by atoms with Crippen molar-refractivity contribution in [2.45, 2.75) is 20.9 Å². The van der Waals surface area contributed by atoms with Crippen LogP contribution in [0.4, 0.5) is 0 Å². The van der Waals surface area contributed by atoms with E-state index in [9.17, 15) is 3.32 Å². The van der Waals surface area contributed by atoms with E-state index < -0.39 is 15.3 Å². The SMILES string of the molecule is C=O.[CH3][Ti]([CH3])([CH3])([CH3])=[O]. The molecule has 8 heavy (non-hydrogen) atoms. The molecule has 0 bridgehead atoms. The average molecular weight is 154 g/mol. The second-order valence-corrected chi connectivity index (χ2v) is 15.7. The van der Waals surface area contributed by atoms with Gasteiger partial charge in [-0.2, -0.15) is 0 Å². The van der Waals surface area contributed by atoms with Crippen molar-refractivity contribution in [1.82, 2.24) is 0 Å². The Hall–Kier alpha value is 0.184. The summed E-state index contributed by atoms with van der Waals surface area (Å²) in [5, 5.41) is 7.38. The van der Waals surface area contributed by atoms with Gasteiger partial charge in [0.05, 0.1) is 0 Å². The Balaban J connectivity index is 0. The Labute approximate surface area is 51.5 Å². The molecule has 50 valence electrons. The molecule has 0 aliphatic heterocycles. The van der Waals surface area contributed by atoms with Crippen molar-refractivity contribution in [3.8, 4) is 0 Å². The van der Waals surface area contributed by atoms with E-state index in [0.29, 0.717) is 0 Å². The zero-order valence-corrected chi connectivity index (χ0v) is 7.59. The van der Waals surface area contributed by atoms with Crippen LogP contribution < -0.4 is 0 Å². The van der Waals surface area contributed by atoms with Gasteiger partial charge in [0.1, 0.15) is 6.79 Å². The van der Waals surface area contributed by atoms with Crippen LogP contribution in [0.25, 0.3) is 0 Å². The summed E-state index contributed by atoms with van der Waals surface area (Å²) in [6, 6.07) is 0. The first-order valence-corrected chi connectivity index (χ1v) is 9.38. The third-order valence-electron chi connectivity index (χ3n) is 0. The monoisotopic (exact) mass is 154 g/mol. The maximum atomic E-state index is 10.9. The van der Waals surface area contributed by atoms with Crippen LogP contribution in [-0.2, 0) is 23.4 Å². The molecule has 0 aromatic heterocycles. The van der Waals surface area contributed by atoms with Crippen molar-refractivity contribution >= 4 is 6.79 Å². The number of hydrogen-bond donors (Lipinski definition) is 0. The minimum atomic E-state index is -2.85. The second kappa shape index (κ2) is 2.65. The first-order chi connectivity index (χ1) is 3.24. The summed E-state index contributed by atoms with van der Waals surface area (Å²) in [6.07, 6.45) is 0. The van der Waals surface area contributed by atoms with Crippen LogP contribution in [0.15, 0.2) is 0 Å². The Morgan fingerprint density at radius 2 is 1.00 bits per heavy atom. The van der Waals surface area contributed by atoms with E-state index in [1.807, 2.05) is 27.7 Å². The van der Waals surface area contributed by atoms with Gasteiger partial charge in [0.2, 0.25) is 0 Å². The van der Waals surface area contributed by atoms with Gasteiger partial charge in [0.15, 0.2) is 0 Å². The molecule has 0 unspecified atom stereocenters. The van der Waals surface area contributed by atoms with Gasteiger partial charge < -0.3 is 4.79 Å². The topological polar surface area (TPSA) is 34.1 Å². The minimum absolute atomic E-state index is 1.84. The summed E-state index contributed by atoms with van der Waals surface area (Å²) in [7, 11) is 0. The van der Waals surface area contributed by atoms with E-state index in [0.717, 1.165) is 0 Å². The standard InChI is InChI=1S/CH2O.4CH3.O.Ti/c1-2;;;;;;/h1H2;4*1H3;;. The summed E-state index contributed by atoms with van der Waals surface area (Å²) in [6.45, 7) is 2.00. The number of hydrogen-bond acceptors (Lipinski definition) is 2. The molecule has 3 heteroatoms. The molecule has 0 atom stereocenters. The van der Waals surface area contributed by atoms with Crippen LogP contribution in [0.2, 0.25) is 20.9 Å². The van der Waals surface area contributed by atoms with Crippen molar-refractivity contribution in [3.05, 3.63) is 0 Å². The fourth-order valence-electron chi connectivity index (χ4n) is 0. The van der Waals surface area contributed by atoms with Gasteiger partial charge in [-0.25, -0.2) is 0 Å². The molecular formula is C5H14O2Ti. The van der Waals surface area contributed by atoms with Crippen molar-refractivity contribution in [2.75, 3.05) is 0 Å². The zero-order valence-electron chi connectivity index (χ0n) is 6.02. The first kappa shape index (κ1) is 11.0. The summed E-state index contributed by atoms with van der Waals surface area (Å²) in [5.41, 5.74) is 0. The van der Waals surface area contributed by atoms with Gasteiger partial charge in [0, 0.05) is 0 Å². The van der Waals surface area contributed by atoms with E-state index in [1.54, 1.807) is 0 Å². The molecule has 0 aliphatic carbocycles. The van der Waals surface area contributed by atoms with Gasteiger partial charge in [0.25, 0.3) is 0 Å². The van der Waals surface area contributed by atoms with Crippen LogP contribution in [0.5, 0.6) is 0 Å². The molecular weight excluding hydrogens is 140 g/mol. The van der Waals surface area contributed by atoms with E-state index in [2.05, 4.69) is 0 Å². The van der Waals surface area contributed by atoms with Crippen molar-refractivity contribution < 1.29 is 23.4 Å². The Morgan fingerprint density at radius 3 is 1.00 bits per heavy atom. The number of rotatable bonds is 0. The second-order valence-electron chi connectivity index (χ2n) is 3.82. The molecule has 0 aliphatic rings. The Bertz CT molecular complexity index is 98.9. The molecule has 0 amide bonds. The van der Waals surface area contributed by atoms with Crippen molar-refractivity contribution in [3.63, 3.8) is 0 Å². The molecule has 0 rings (SSSR count). The molecule has 0 saturated heterocycles. The average Bonchev–Trinajstić information content (AvgIpc) is 1.33. The zero-order chi connectivity index (χ0) is 7.45. The number of carbonyl (C=O) groups excluding carboxylic acids is 1. The fraction of sp³-hybridized carbons (Fsp3) is 0.800. The van der Waals surface area contributed by atoms with E-state index in [4.69, 9.17) is 4.79 Å². The summed E-state index contributed by atoms with van der Waals surface area (Å²) >= 11 is -2.85. The molecule has 0 N–H and O–H groups in total. The summed E-state index contributed by atoms with van der Waals surface area (Å²) in [5.74, 6) is 0. The summed E-state index contributed by atoms with van der Waals surface area (Å²) < 4.78 is 10.9. The van der Waals surface area contributed by atoms with Crippen LogP contribution in [0.3, 0.4) is 0 Å². The van der Waals surface area contributed by atoms with Crippen molar-refractivity contribution in [1.29, 1.82) is 0 Å². The molecule has 0 aromatic rings. The first-order valence-electron chi connectivity index (χ1n) is 2.49. The van der Waals surface area contributed by atoms with Crippen LogP contribution in [-0.4, -0.2) is 6.79 Å². The van der Waals surface area contributed by atoms with Gasteiger partial charge in [-0.1, -0.05) is 0 Å². The predicted molar refractivity (Wildman–Crippen MR) is 31.3 cm³/mol. The van der Waals surface area contributed by atoms with E-state index in [1.165, 1.54) is 0 Å². The van der Waals surface area contributed by atoms with Gasteiger partial charge in [-0.15, -0.1) is 0 Å². The van der Waals surface area contributed by atoms with Crippen LogP contribution in [0.1, 0.15) is 0 Å². The van der Waals surface area contributed by atoms with Gasteiger partial charge >= 0.3 is 39.5 Å². The maximum absolute atomic E-state index is 10.9. The molecule has 0 spiro atoms.